The van der Waals surface area contributed by atoms with Gasteiger partial charge in [0.1, 0.15) is 0 Å². The van der Waals surface area contributed by atoms with E-state index in [9.17, 15) is 8.42 Å². The predicted octanol–water partition coefficient (Wildman–Crippen LogP) is -1.15. The summed E-state index contributed by atoms with van der Waals surface area (Å²) in [6, 6.07) is 0. The summed E-state index contributed by atoms with van der Waals surface area (Å²) < 4.78 is 31.0. The summed E-state index contributed by atoms with van der Waals surface area (Å²) in [7, 11) is -4.15. The Morgan fingerprint density at radius 1 is 1.54 bits per heavy atom. The first-order valence-corrected chi connectivity index (χ1v) is 4.48. The molecule has 5 nitrogen and oxygen atoms in total. The van der Waals surface area contributed by atoms with Crippen molar-refractivity contribution >= 4 is 69.2 Å². The van der Waals surface area contributed by atoms with Crippen LogP contribution in [0.1, 0.15) is 6.92 Å². The zero-order chi connectivity index (χ0) is 8.48. The minimum atomic E-state index is -4.15. The van der Waals surface area contributed by atoms with Gasteiger partial charge in [0.2, 0.25) is 0 Å². The standard InChI is InChI=1S/C5H8N2O3S.2Na.2H/c1-2-7-4-3-6-5(7)11(8,9)10;;;;/h3-4H,2H2,1H3,(H,8,9,10);;;;. The van der Waals surface area contributed by atoms with Crippen molar-refractivity contribution in [1.82, 2.24) is 9.55 Å². The van der Waals surface area contributed by atoms with E-state index in [-0.39, 0.29) is 64.3 Å². The average Bonchev–Trinajstić information content (AvgIpc) is 2.31. The Bertz CT molecular complexity index is 348. The summed E-state index contributed by atoms with van der Waals surface area (Å²) in [4.78, 5) is 3.48. The first kappa shape index (κ1) is 16.5. The molecule has 1 N–H and O–H groups in total. The first-order chi connectivity index (χ1) is 5.05. The van der Waals surface area contributed by atoms with Gasteiger partial charge < -0.3 is 4.57 Å². The fourth-order valence-corrected chi connectivity index (χ4v) is 1.45. The maximum atomic E-state index is 10.5. The Kier molecular flexibility index (Phi) is 8.37. The normalized spacial score (nSPS) is 10.0. The van der Waals surface area contributed by atoms with Crippen molar-refractivity contribution in [1.29, 1.82) is 0 Å². The molecule has 0 aliphatic rings. The molecule has 0 aromatic carbocycles. The summed E-state index contributed by atoms with van der Waals surface area (Å²) in [6.07, 6.45) is 2.82. The predicted molar refractivity (Wildman–Crippen MR) is 52.0 cm³/mol. The van der Waals surface area contributed by atoms with E-state index in [2.05, 4.69) is 4.98 Å². The van der Waals surface area contributed by atoms with Crippen LogP contribution in [0.25, 0.3) is 0 Å². The van der Waals surface area contributed by atoms with Gasteiger partial charge in [0.25, 0.3) is 5.16 Å². The molecule has 0 spiro atoms. The van der Waals surface area contributed by atoms with Gasteiger partial charge in [0, 0.05) is 18.9 Å². The van der Waals surface area contributed by atoms with Crippen molar-refractivity contribution in [2.75, 3.05) is 0 Å². The number of nitrogens with zero attached hydrogens (tertiary/aromatic N) is 2. The van der Waals surface area contributed by atoms with Gasteiger partial charge in [0.05, 0.1) is 0 Å². The van der Waals surface area contributed by atoms with E-state index in [4.69, 9.17) is 4.55 Å². The van der Waals surface area contributed by atoms with Gasteiger partial charge in [-0.3, -0.25) is 4.55 Å². The fourth-order valence-electron chi connectivity index (χ4n) is 0.771. The first-order valence-electron chi connectivity index (χ1n) is 3.04. The van der Waals surface area contributed by atoms with Gasteiger partial charge in [0.15, 0.2) is 0 Å². The molecule has 0 saturated heterocycles. The molecule has 0 radical (unpaired) electrons. The van der Waals surface area contributed by atoms with Crippen LogP contribution >= 0.6 is 0 Å². The second-order valence-corrected chi connectivity index (χ2v) is 3.29. The van der Waals surface area contributed by atoms with Crippen LogP contribution in [-0.2, 0) is 16.7 Å². The van der Waals surface area contributed by atoms with Crippen LogP contribution in [0.15, 0.2) is 17.6 Å². The molecule has 0 aliphatic carbocycles. The van der Waals surface area contributed by atoms with Crippen LogP contribution in [0.3, 0.4) is 0 Å². The van der Waals surface area contributed by atoms with Crippen LogP contribution in [-0.4, -0.2) is 81.6 Å². The Morgan fingerprint density at radius 3 is 2.38 bits per heavy atom. The number of rotatable bonds is 2. The van der Waals surface area contributed by atoms with Gasteiger partial charge in [-0.25, -0.2) is 4.98 Å². The van der Waals surface area contributed by atoms with E-state index in [0.717, 1.165) is 0 Å². The third kappa shape index (κ3) is 4.44. The van der Waals surface area contributed by atoms with Crippen molar-refractivity contribution in [2.24, 2.45) is 0 Å². The van der Waals surface area contributed by atoms with E-state index in [1.54, 1.807) is 6.92 Å². The number of hydrogen-bond donors (Lipinski definition) is 1. The van der Waals surface area contributed by atoms with Crippen LogP contribution < -0.4 is 0 Å². The molecular formula is C5H10N2Na2O3S. The third-order valence-electron chi connectivity index (χ3n) is 1.25. The summed E-state index contributed by atoms with van der Waals surface area (Å²) in [5.41, 5.74) is 0. The molecule has 0 bridgehead atoms. The molecule has 1 aromatic heterocycles. The molecule has 0 fully saturated rings. The van der Waals surface area contributed by atoms with Crippen LogP contribution in [0, 0.1) is 0 Å². The Morgan fingerprint density at radius 2 is 2.08 bits per heavy atom. The Hall–Kier alpha value is 1.12. The summed E-state index contributed by atoms with van der Waals surface area (Å²) in [5.74, 6) is 0. The number of imidazole rings is 1. The molecule has 0 unspecified atom stereocenters. The van der Waals surface area contributed by atoms with Gasteiger partial charge in [-0.15, -0.1) is 0 Å². The van der Waals surface area contributed by atoms with Crippen molar-refractivity contribution in [3.05, 3.63) is 12.4 Å². The number of aryl methyl sites for hydroxylation is 1. The topological polar surface area (TPSA) is 72.2 Å². The third-order valence-corrected chi connectivity index (χ3v) is 2.05. The van der Waals surface area contributed by atoms with Gasteiger partial charge in [-0.1, -0.05) is 0 Å². The second kappa shape index (κ2) is 6.58. The van der Waals surface area contributed by atoms with Gasteiger partial charge in [-0.05, 0) is 6.92 Å². The van der Waals surface area contributed by atoms with Crippen molar-refractivity contribution in [2.45, 2.75) is 18.6 Å². The number of aromatic nitrogens is 2. The molecule has 0 aliphatic heterocycles. The van der Waals surface area contributed by atoms with Crippen LogP contribution in [0.5, 0.6) is 0 Å². The van der Waals surface area contributed by atoms with Crippen molar-refractivity contribution in [3.63, 3.8) is 0 Å². The average molecular weight is 224 g/mol. The molecule has 0 atom stereocenters. The molecule has 1 aromatic rings. The van der Waals surface area contributed by atoms with E-state index in [1.807, 2.05) is 0 Å². The Balaban J connectivity index is 0. The summed E-state index contributed by atoms with van der Waals surface area (Å²) in [6.45, 7) is 2.23. The molecule has 66 valence electrons. The van der Waals surface area contributed by atoms with Crippen molar-refractivity contribution in [3.8, 4) is 0 Å². The quantitative estimate of drug-likeness (QED) is 0.508. The van der Waals surface area contributed by atoms with E-state index >= 15 is 0 Å². The van der Waals surface area contributed by atoms with Crippen molar-refractivity contribution < 1.29 is 13.0 Å². The maximum absolute atomic E-state index is 10.5. The molecule has 13 heavy (non-hydrogen) atoms. The molecule has 1 heterocycles. The SMILES string of the molecule is CCn1ccnc1S(=O)(=O)O.[NaH].[NaH]. The molecule has 0 saturated carbocycles. The monoisotopic (exact) mass is 224 g/mol. The second-order valence-electron chi connectivity index (χ2n) is 1.97. The zero-order valence-electron chi connectivity index (χ0n) is 5.93. The van der Waals surface area contributed by atoms with Gasteiger partial charge in [-0.2, -0.15) is 8.42 Å². The molecule has 1 rings (SSSR count). The van der Waals surface area contributed by atoms with E-state index < -0.39 is 10.1 Å². The van der Waals surface area contributed by atoms with Gasteiger partial charge >= 0.3 is 69.2 Å². The minimum absolute atomic E-state index is 0. The van der Waals surface area contributed by atoms with E-state index in [1.165, 1.54) is 17.0 Å². The Labute approximate surface area is 121 Å². The molecule has 8 heteroatoms. The summed E-state index contributed by atoms with van der Waals surface area (Å²) >= 11 is 0. The number of hydrogen-bond acceptors (Lipinski definition) is 3. The fraction of sp³-hybridized carbons (Fsp3) is 0.400. The summed E-state index contributed by atoms with van der Waals surface area (Å²) in [5, 5.41) is -0.306. The molecular weight excluding hydrogens is 214 g/mol. The van der Waals surface area contributed by atoms with Crippen LogP contribution in [0.4, 0.5) is 0 Å². The zero-order valence-corrected chi connectivity index (χ0v) is 6.74. The van der Waals surface area contributed by atoms with E-state index in [0.29, 0.717) is 6.54 Å². The molecule has 0 amide bonds. The van der Waals surface area contributed by atoms with Crippen LogP contribution in [0.2, 0.25) is 0 Å².